The number of hydrogen-bond acceptors (Lipinski definition) is 3. The van der Waals surface area contributed by atoms with Crippen molar-refractivity contribution >= 4 is 17.5 Å². The Balaban J connectivity index is 3.13. The molecule has 0 aliphatic carbocycles. The van der Waals surface area contributed by atoms with Crippen LogP contribution < -0.4 is 0 Å². The number of carbonyl (C=O) groups is 2. The smallest absolute Gasteiger partial charge is 0.338 e. The standard InChI is InChI=1S/C11H10O4/c1-15-11(14)9(7-10(12)13)8-5-3-2-4-6-8/h2-7H,1H3,(H,12,13). The van der Waals surface area contributed by atoms with Gasteiger partial charge in [-0.05, 0) is 5.56 Å². The molecule has 0 radical (unpaired) electrons. The van der Waals surface area contributed by atoms with Crippen LogP contribution in [0.5, 0.6) is 0 Å². The van der Waals surface area contributed by atoms with Gasteiger partial charge in [0.2, 0.25) is 0 Å². The molecule has 0 spiro atoms. The first kappa shape index (κ1) is 11.0. The number of hydrogen-bond donors (Lipinski definition) is 1. The fourth-order valence-electron chi connectivity index (χ4n) is 1.11. The first-order valence-electron chi connectivity index (χ1n) is 4.23. The van der Waals surface area contributed by atoms with Crippen molar-refractivity contribution in [3.05, 3.63) is 42.0 Å². The second-order valence-corrected chi connectivity index (χ2v) is 2.75. The molecule has 0 aliphatic heterocycles. The van der Waals surface area contributed by atoms with Crippen LogP contribution in [-0.2, 0) is 14.3 Å². The fraction of sp³-hybridized carbons (Fsp3) is 0.0909. The zero-order chi connectivity index (χ0) is 11.3. The van der Waals surface area contributed by atoms with Crippen LogP contribution in [0.25, 0.3) is 5.57 Å². The number of benzene rings is 1. The molecule has 0 unspecified atom stereocenters. The van der Waals surface area contributed by atoms with E-state index in [0.717, 1.165) is 6.08 Å². The summed E-state index contributed by atoms with van der Waals surface area (Å²) in [5, 5.41) is 8.61. The predicted octanol–water partition coefficient (Wildman–Crippen LogP) is 1.33. The number of ether oxygens (including phenoxy) is 1. The van der Waals surface area contributed by atoms with E-state index in [4.69, 9.17) is 5.11 Å². The largest absolute Gasteiger partial charge is 0.478 e. The van der Waals surface area contributed by atoms with E-state index in [0.29, 0.717) is 5.56 Å². The van der Waals surface area contributed by atoms with Crippen LogP contribution in [0, 0.1) is 0 Å². The maximum atomic E-state index is 11.3. The number of esters is 1. The number of carbonyl (C=O) groups excluding carboxylic acids is 1. The second-order valence-electron chi connectivity index (χ2n) is 2.75. The van der Waals surface area contributed by atoms with Gasteiger partial charge in [0.15, 0.2) is 0 Å². The second kappa shape index (κ2) is 4.95. The van der Waals surface area contributed by atoms with E-state index in [1.165, 1.54) is 7.11 Å². The molecule has 0 aromatic heterocycles. The van der Waals surface area contributed by atoms with Crippen LogP contribution in [0.15, 0.2) is 36.4 Å². The third kappa shape index (κ3) is 2.95. The van der Waals surface area contributed by atoms with Crippen LogP contribution in [0.4, 0.5) is 0 Å². The van der Waals surface area contributed by atoms with Crippen molar-refractivity contribution in [2.24, 2.45) is 0 Å². The van der Waals surface area contributed by atoms with Crippen molar-refractivity contribution < 1.29 is 19.4 Å². The lowest BCUT2D eigenvalue weighted by Gasteiger charge is -2.03. The molecule has 0 bridgehead atoms. The molecule has 4 nitrogen and oxygen atoms in total. The quantitative estimate of drug-likeness (QED) is 0.598. The number of aliphatic carboxylic acids is 1. The van der Waals surface area contributed by atoms with Crippen LogP contribution in [0.2, 0.25) is 0 Å². The number of carboxylic acids is 1. The molecule has 1 N–H and O–H groups in total. The lowest BCUT2D eigenvalue weighted by molar-refractivity contribution is -0.135. The highest BCUT2D eigenvalue weighted by molar-refractivity contribution is 6.20. The van der Waals surface area contributed by atoms with Crippen molar-refractivity contribution in [3.63, 3.8) is 0 Å². The van der Waals surface area contributed by atoms with E-state index in [1.807, 2.05) is 0 Å². The molecule has 15 heavy (non-hydrogen) atoms. The summed E-state index contributed by atoms with van der Waals surface area (Å²) >= 11 is 0. The molecule has 0 atom stereocenters. The van der Waals surface area contributed by atoms with Gasteiger partial charge in [-0.3, -0.25) is 0 Å². The Kier molecular flexibility index (Phi) is 3.62. The van der Waals surface area contributed by atoms with Crippen molar-refractivity contribution in [1.82, 2.24) is 0 Å². The minimum atomic E-state index is -1.18. The zero-order valence-corrected chi connectivity index (χ0v) is 8.14. The lowest BCUT2D eigenvalue weighted by atomic mass is 10.1. The Morgan fingerprint density at radius 3 is 2.33 bits per heavy atom. The van der Waals surface area contributed by atoms with Crippen molar-refractivity contribution in [2.45, 2.75) is 0 Å². The van der Waals surface area contributed by atoms with Crippen molar-refractivity contribution in [3.8, 4) is 0 Å². The monoisotopic (exact) mass is 206 g/mol. The Morgan fingerprint density at radius 1 is 1.27 bits per heavy atom. The molecule has 4 heteroatoms. The third-order valence-electron chi connectivity index (χ3n) is 1.76. The van der Waals surface area contributed by atoms with E-state index in [9.17, 15) is 9.59 Å². The van der Waals surface area contributed by atoms with Crippen molar-refractivity contribution in [2.75, 3.05) is 7.11 Å². The summed E-state index contributed by atoms with van der Waals surface area (Å²) in [6, 6.07) is 8.50. The third-order valence-corrected chi connectivity index (χ3v) is 1.76. The molecule has 0 saturated carbocycles. The minimum absolute atomic E-state index is 0.0330. The van der Waals surface area contributed by atoms with Gasteiger partial charge in [-0.15, -0.1) is 0 Å². The summed E-state index contributed by atoms with van der Waals surface area (Å²) in [6.45, 7) is 0. The maximum Gasteiger partial charge on any atom is 0.338 e. The van der Waals surface area contributed by atoms with Gasteiger partial charge in [0.25, 0.3) is 0 Å². The average Bonchev–Trinajstić information content (AvgIpc) is 2.26. The minimum Gasteiger partial charge on any atom is -0.478 e. The first-order valence-corrected chi connectivity index (χ1v) is 4.23. The summed E-state index contributed by atoms with van der Waals surface area (Å²) in [4.78, 5) is 21.8. The maximum absolute atomic E-state index is 11.3. The molecule has 1 aromatic carbocycles. The van der Waals surface area contributed by atoms with Gasteiger partial charge in [0.05, 0.1) is 12.7 Å². The molecule has 78 valence electrons. The molecule has 0 heterocycles. The molecule has 1 rings (SSSR count). The molecular formula is C11H10O4. The van der Waals surface area contributed by atoms with Gasteiger partial charge >= 0.3 is 11.9 Å². The van der Waals surface area contributed by atoms with Crippen molar-refractivity contribution in [1.29, 1.82) is 0 Å². The Hall–Kier alpha value is -2.10. The Labute approximate surface area is 86.8 Å². The molecule has 0 fully saturated rings. The lowest BCUT2D eigenvalue weighted by Crippen LogP contribution is -2.06. The van der Waals surface area contributed by atoms with Gasteiger partial charge in [0.1, 0.15) is 0 Å². The van der Waals surface area contributed by atoms with E-state index in [1.54, 1.807) is 30.3 Å². The Bertz CT molecular complexity index is 392. The fourth-order valence-corrected chi connectivity index (χ4v) is 1.11. The summed E-state index contributed by atoms with van der Waals surface area (Å²) in [5.74, 6) is -1.84. The summed E-state index contributed by atoms with van der Waals surface area (Å²) in [7, 11) is 1.21. The number of methoxy groups -OCH3 is 1. The van der Waals surface area contributed by atoms with Crippen LogP contribution in [0.3, 0.4) is 0 Å². The number of carboxylic acid groups (broad SMARTS) is 1. The van der Waals surface area contributed by atoms with Gasteiger partial charge in [-0.2, -0.15) is 0 Å². The van der Waals surface area contributed by atoms with E-state index >= 15 is 0 Å². The van der Waals surface area contributed by atoms with Crippen LogP contribution in [-0.4, -0.2) is 24.2 Å². The molecule has 0 saturated heterocycles. The highest BCUT2D eigenvalue weighted by Crippen LogP contribution is 2.15. The van der Waals surface area contributed by atoms with Crippen LogP contribution in [0.1, 0.15) is 5.56 Å². The number of rotatable bonds is 3. The van der Waals surface area contributed by atoms with Gasteiger partial charge in [-0.1, -0.05) is 30.3 Å². The normalized spacial score (nSPS) is 10.9. The van der Waals surface area contributed by atoms with Gasteiger partial charge < -0.3 is 9.84 Å². The first-order chi connectivity index (χ1) is 7.15. The molecular weight excluding hydrogens is 196 g/mol. The predicted molar refractivity (Wildman–Crippen MR) is 54.1 cm³/mol. The van der Waals surface area contributed by atoms with Crippen LogP contribution >= 0.6 is 0 Å². The average molecular weight is 206 g/mol. The molecule has 1 aromatic rings. The Morgan fingerprint density at radius 2 is 1.87 bits per heavy atom. The zero-order valence-electron chi connectivity index (χ0n) is 8.14. The van der Waals surface area contributed by atoms with E-state index in [2.05, 4.69) is 4.74 Å². The molecule has 0 aliphatic rings. The van der Waals surface area contributed by atoms with E-state index < -0.39 is 11.9 Å². The SMILES string of the molecule is COC(=O)C(=CC(=O)O)c1ccccc1. The highest BCUT2D eigenvalue weighted by Gasteiger charge is 2.13. The topological polar surface area (TPSA) is 63.6 Å². The van der Waals surface area contributed by atoms with Gasteiger partial charge in [0, 0.05) is 6.08 Å². The van der Waals surface area contributed by atoms with E-state index in [-0.39, 0.29) is 5.57 Å². The highest BCUT2D eigenvalue weighted by atomic mass is 16.5. The summed E-state index contributed by atoms with van der Waals surface area (Å²) in [5.41, 5.74) is 0.553. The summed E-state index contributed by atoms with van der Waals surface area (Å²) in [6.07, 6.45) is 0.834. The summed E-state index contributed by atoms with van der Waals surface area (Å²) < 4.78 is 4.50. The van der Waals surface area contributed by atoms with Gasteiger partial charge in [-0.25, -0.2) is 9.59 Å². The molecule has 0 amide bonds.